The number of halogens is 1. The van der Waals surface area contributed by atoms with Crippen LogP contribution in [0.1, 0.15) is 29.8 Å². The Bertz CT molecular complexity index is 767. The molecule has 24 heavy (non-hydrogen) atoms. The Hall–Kier alpha value is -2.71. The number of carbonyl (C=O) groups is 1. The number of benzene rings is 2. The number of hydrogen-bond acceptors (Lipinski definition) is 4. The highest BCUT2D eigenvalue weighted by atomic mass is 35.5. The Morgan fingerprint density at radius 3 is 2.25 bits per heavy atom. The highest BCUT2D eigenvalue weighted by Gasteiger charge is 2.15. The second-order valence-electron chi connectivity index (χ2n) is 4.78. The molecule has 0 aromatic heterocycles. The first-order chi connectivity index (χ1) is 11.6. The van der Waals surface area contributed by atoms with Gasteiger partial charge in [-0.05, 0) is 38.1 Å². The van der Waals surface area contributed by atoms with E-state index in [1.165, 1.54) is 0 Å². The van der Waals surface area contributed by atoms with Gasteiger partial charge in [0, 0.05) is 22.7 Å². The van der Waals surface area contributed by atoms with E-state index in [1.54, 1.807) is 36.4 Å². The molecule has 0 aliphatic rings. The molecular weight excluding hydrogens is 328 g/mol. The summed E-state index contributed by atoms with van der Waals surface area (Å²) in [5.41, 5.74) is 1.10. The zero-order chi connectivity index (χ0) is 17.5. The predicted octanol–water partition coefficient (Wildman–Crippen LogP) is 4.26. The fourth-order valence-corrected chi connectivity index (χ4v) is 2.21. The lowest BCUT2D eigenvalue weighted by Crippen LogP contribution is -2.13. The van der Waals surface area contributed by atoms with Crippen molar-refractivity contribution in [3.8, 4) is 17.6 Å². The highest BCUT2D eigenvalue weighted by Crippen LogP contribution is 2.34. The summed E-state index contributed by atoms with van der Waals surface area (Å²) in [6, 6.07) is 11.7. The summed E-state index contributed by atoms with van der Waals surface area (Å²) in [4.78, 5) is 12.3. The van der Waals surface area contributed by atoms with Crippen molar-refractivity contribution in [1.82, 2.24) is 0 Å². The average Bonchev–Trinajstić information content (AvgIpc) is 2.58. The van der Waals surface area contributed by atoms with Crippen LogP contribution in [-0.4, -0.2) is 19.1 Å². The lowest BCUT2D eigenvalue weighted by atomic mass is 10.1. The van der Waals surface area contributed by atoms with Crippen LogP contribution in [-0.2, 0) is 0 Å². The molecule has 0 fully saturated rings. The molecule has 1 N–H and O–H groups in total. The van der Waals surface area contributed by atoms with E-state index >= 15 is 0 Å². The van der Waals surface area contributed by atoms with Gasteiger partial charge >= 0.3 is 0 Å². The van der Waals surface area contributed by atoms with E-state index in [9.17, 15) is 10.1 Å². The molecule has 0 aliphatic heterocycles. The number of nitrogens with zero attached hydrogens (tertiary/aromatic N) is 1. The largest absolute Gasteiger partial charge is 0.490 e. The number of amides is 1. The molecule has 0 bridgehead atoms. The van der Waals surface area contributed by atoms with Crippen molar-refractivity contribution in [1.29, 1.82) is 5.26 Å². The summed E-state index contributed by atoms with van der Waals surface area (Å²) in [5.74, 6) is 0.611. The predicted molar refractivity (Wildman–Crippen MR) is 92.9 cm³/mol. The molecule has 0 radical (unpaired) electrons. The van der Waals surface area contributed by atoms with Gasteiger partial charge < -0.3 is 14.8 Å². The van der Waals surface area contributed by atoms with Crippen molar-refractivity contribution < 1.29 is 14.3 Å². The molecule has 0 spiro atoms. The second-order valence-corrected chi connectivity index (χ2v) is 5.22. The molecule has 0 unspecified atom stereocenters. The third kappa shape index (κ3) is 4.18. The first-order valence-electron chi connectivity index (χ1n) is 7.49. The van der Waals surface area contributed by atoms with Crippen molar-refractivity contribution in [2.45, 2.75) is 13.8 Å². The Labute approximate surface area is 145 Å². The van der Waals surface area contributed by atoms with Crippen molar-refractivity contribution in [2.75, 3.05) is 18.5 Å². The van der Waals surface area contributed by atoms with Gasteiger partial charge in [0.25, 0.3) is 5.91 Å². The summed E-state index contributed by atoms with van der Waals surface area (Å²) < 4.78 is 11.0. The maximum Gasteiger partial charge on any atom is 0.255 e. The van der Waals surface area contributed by atoms with Gasteiger partial charge in [0.15, 0.2) is 11.5 Å². The van der Waals surface area contributed by atoms with Gasteiger partial charge in [0.05, 0.1) is 24.5 Å². The van der Waals surface area contributed by atoms with Crippen molar-refractivity contribution in [2.24, 2.45) is 0 Å². The van der Waals surface area contributed by atoms with Gasteiger partial charge in [0.2, 0.25) is 0 Å². The van der Waals surface area contributed by atoms with Crippen molar-refractivity contribution in [3.63, 3.8) is 0 Å². The topological polar surface area (TPSA) is 71.3 Å². The fraction of sp³-hybridized carbons (Fsp3) is 0.222. The number of rotatable bonds is 6. The molecule has 2 aromatic rings. The van der Waals surface area contributed by atoms with Crippen LogP contribution in [0, 0.1) is 11.3 Å². The normalized spacial score (nSPS) is 9.92. The molecule has 0 atom stereocenters. The Balaban J connectivity index is 2.34. The molecule has 0 saturated carbocycles. The van der Waals surface area contributed by atoms with Gasteiger partial charge in [-0.25, -0.2) is 0 Å². The van der Waals surface area contributed by atoms with E-state index in [1.807, 2.05) is 13.8 Å². The smallest absolute Gasteiger partial charge is 0.255 e. The summed E-state index contributed by atoms with van der Waals surface area (Å²) >= 11 is 5.82. The van der Waals surface area contributed by atoms with E-state index in [4.69, 9.17) is 21.1 Å². The fourth-order valence-electron chi connectivity index (χ4n) is 2.09. The van der Waals surface area contributed by atoms with Crippen LogP contribution in [0.4, 0.5) is 5.69 Å². The Kier molecular flexibility index (Phi) is 6.05. The molecular formula is C18H17ClN2O3. The van der Waals surface area contributed by atoms with E-state index in [-0.39, 0.29) is 5.91 Å². The van der Waals surface area contributed by atoms with E-state index in [2.05, 4.69) is 11.4 Å². The Morgan fingerprint density at radius 2 is 1.71 bits per heavy atom. The average molecular weight is 345 g/mol. The second kappa shape index (κ2) is 8.23. The van der Waals surface area contributed by atoms with Crippen LogP contribution in [0.2, 0.25) is 5.02 Å². The number of nitrogens with one attached hydrogen (secondary N) is 1. The third-order valence-electron chi connectivity index (χ3n) is 3.16. The highest BCUT2D eigenvalue weighted by molar-refractivity contribution is 6.30. The summed E-state index contributed by atoms with van der Waals surface area (Å²) in [6.07, 6.45) is 0. The van der Waals surface area contributed by atoms with Crippen molar-refractivity contribution >= 4 is 23.2 Å². The minimum Gasteiger partial charge on any atom is -0.490 e. The number of nitriles is 1. The molecule has 0 saturated heterocycles. The lowest BCUT2D eigenvalue weighted by Gasteiger charge is -2.14. The monoisotopic (exact) mass is 344 g/mol. The molecule has 5 nitrogen and oxygen atoms in total. The van der Waals surface area contributed by atoms with Gasteiger partial charge in [-0.15, -0.1) is 0 Å². The van der Waals surface area contributed by atoms with Crippen molar-refractivity contribution in [3.05, 3.63) is 52.5 Å². The van der Waals surface area contributed by atoms with Crippen LogP contribution >= 0.6 is 11.6 Å². The maximum atomic E-state index is 12.3. The van der Waals surface area contributed by atoms with Crippen LogP contribution in [0.3, 0.4) is 0 Å². The molecule has 2 rings (SSSR count). The molecule has 1 amide bonds. The number of carbonyl (C=O) groups excluding carboxylic acids is 1. The number of anilines is 1. The minimum absolute atomic E-state index is 0.296. The number of ether oxygens (including phenoxy) is 2. The van der Waals surface area contributed by atoms with Gasteiger partial charge in [-0.1, -0.05) is 11.6 Å². The molecule has 124 valence electrons. The molecule has 6 heteroatoms. The van der Waals surface area contributed by atoms with Crippen LogP contribution in [0.5, 0.6) is 11.5 Å². The van der Waals surface area contributed by atoms with Crippen LogP contribution in [0.15, 0.2) is 36.4 Å². The van der Waals surface area contributed by atoms with E-state index in [0.717, 1.165) is 0 Å². The zero-order valence-electron chi connectivity index (χ0n) is 13.4. The minimum atomic E-state index is -0.338. The number of hydrogen-bond donors (Lipinski definition) is 1. The SMILES string of the molecule is CCOc1cc(C#N)c(NC(=O)c2ccc(Cl)cc2)cc1OCC. The summed E-state index contributed by atoms with van der Waals surface area (Å²) in [5, 5.41) is 12.6. The molecule has 2 aromatic carbocycles. The maximum absolute atomic E-state index is 12.3. The summed E-state index contributed by atoms with van der Waals surface area (Å²) in [7, 11) is 0. The van der Waals surface area contributed by atoms with Gasteiger partial charge in [0.1, 0.15) is 6.07 Å². The quantitative estimate of drug-likeness (QED) is 0.849. The van der Waals surface area contributed by atoms with Gasteiger partial charge in [-0.3, -0.25) is 4.79 Å². The van der Waals surface area contributed by atoms with Crippen LogP contribution in [0.25, 0.3) is 0 Å². The van der Waals surface area contributed by atoms with Crippen LogP contribution < -0.4 is 14.8 Å². The molecule has 0 heterocycles. The van der Waals surface area contributed by atoms with Gasteiger partial charge in [-0.2, -0.15) is 5.26 Å². The molecule has 0 aliphatic carbocycles. The third-order valence-corrected chi connectivity index (χ3v) is 3.41. The zero-order valence-corrected chi connectivity index (χ0v) is 14.2. The first-order valence-corrected chi connectivity index (χ1v) is 7.87. The lowest BCUT2D eigenvalue weighted by molar-refractivity contribution is 0.102. The summed E-state index contributed by atoms with van der Waals surface area (Å²) in [6.45, 7) is 4.58. The van der Waals surface area contributed by atoms with E-state index < -0.39 is 0 Å². The standard InChI is InChI=1S/C18H17ClN2O3/c1-3-23-16-9-13(11-20)15(10-17(16)24-4-2)21-18(22)12-5-7-14(19)8-6-12/h5-10H,3-4H2,1-2H3,(H,21,22). The Morgan fingerprint density at radius 1 is 1.12 bits per heavy atom. The first kappa shape index (κ1) is 17.6. The van der Waals surface area contributed by atoms with E-state index in [0.29, 0.717) is 46.5 Å².